The molecule has 27 N–H and O–H groups in total. The topological polar surface area (TPSA) is 641 Å². The number of aliphatic imine (C=N–C) groups is 4. The van der Waals surface area contributed by atoms with Crippen molar-refractivity contribution in [1.82, 2.24) is 31.9 Å². The number of guanidine groups is 4. The van der Waals surface area contributed by atoms with E-state index in [4.69, 9.17) is 57.3 Å². The lowest BCUT2D eigenvalue weighted by molar-refractivity contribution is -0.138. The van der Waals surface area contributed by atoms with E-state index in [1.54, 1.807) is 20.8 Å². The van der Waals surface area contributed by atoms with Gasteiger partial charge in [-0.15, -0.1) is 0 Å². The maximum Gasteiger partial charge on any atom is 0.303 e. The highest BCUT2D eigenvalue weighted by atomic mass is 16.4. The lowest BCUT2D eigenvalue weighted by Gasteiger charge is -2.27. The number of carbonyl (C=O) groups is 14. The number of primary amides is 1. The van der Waals surface area contributed by atoms with Crippen LogP contribution in [-0.4, -0.2) is 180 Å². The monoisotopic (exact) mass is 1520 g/mol. The molecule has 0 saturated heterocycles. The quantitative estimate of drug-likeness (QED) is 0.0217. The predicted molar refractivity (Wildman–Crippen MR) is 409 cm³/mol. The molecule has 0 aromatic heterocycles. The summed E-state index contributed by atoms with van der Waals surface area (Å²) in [4.78, 5) is 209. The van der Waals surface area contributed by atoms with E-state index in [0.29, 0.717) is 19.3 Å². The summed E-state index contributed by atoms with van der Waals surface area (Å²) in [5, 5.41) is 25.9. The van der Waals surface area contributed by atoms with Crippen LogP contribution in [-0.2, 0) is 67.1 Å². The molecule has 0 saturated carbocycles. The van der Waals surface area contributed by atoms with Crippen molar-refractivity contribution in [2.75, 3.05) is 32.7 Å². The van der Waals surface area contributed by atoms with Crippen LogP contribution in [0.15, 0.2) is 20.0 Å². The molecule has 608 valence electrons. The largest absolute Gasteiger partial charge is 0.481 e. The van der Waals surface area contributed by atoms with Crippen LogP contribution in [0.5, 0.6) is 0 Å². The Morgan fingerprint density at radius 1 is 0.364 bits per heavy atom. The highest BCUT2D eigenvalue weighted by Gasteiger charge is 2.37. The Labute approximate surface area is 630 Å². The molecule has 35 heteroatoms. The van der Waals surface area contributed by atoms with Gasteiger partial charge in [-0.05, 0) is 140 Å². The third-order valence-corrected chi connectivity index (χ3v) is 18.1. The van der Waals surface area contributed by atoms with Crippen molar-refractivity contribution in [3.8, 4) is 0 Å². The minimum absolute atomic E-state index is 0.00752. The molecule has 0 rings (SSSR count). The molecule has 1 unspecified atom stereocenters. The van der Waals surface area contributed by atoms with Crippen molar-refractivity contribution in [3.05, 3.63) is 0 Å². The summed E-state index contributed by atoms with van der Waals surface area (Å²) in [6.45, 7) is 17.7. The Bertz CT molecular complexity index is 3020. The highest BCUT2D eigenvalue weighted by molar-refractivity contribution is 5.99. The molecule has 0 bridgehead atoms. The van der Waals surface area contributed by atoms with Crippen LogP contribution in [0.2, 0.25) is 0 Å². The summed E-state index contributed by atoms with van der Waals surface area (Å²) >= 11 is 0. The van der Waals surface area contributed by atoms with Gasteiger partial charge in [0.2, 0.25) is 41.4 Å². The highest BCUT2D eigenvalue weighted by Crippen LogP contribution is 2.26. The summed E-state index contributed by atoms with van der Waals surface area (Å²) in [5.74, 6) is -16.2. The molecule has 12 atom stereocenters. The molecule has 0 aliphatic rings. The third kappa shape index (κ3) is 44.5. The molecule has 0 heterocycles. The number of aliphatic carboxylic acids is 1. The van der Waals surface area contributed by atoms with Crippen LogP contribution in [0.3, 0.4) is 0 Å². The third-order valence-electron chi connectivity index (χ3n) is 18.1. The Morgan fingerprint density at radius 3 is 1.07 bits per heavy atom. The fourth-order valence-corrected chi connectivity index (χ4v) is 12.1. The maximum absolute atomic E-state index is 15.0. The van der Waals surface area contributed by atoms with Crippen LogP contribution in [0, 0.1) is 53.3 Å². The number of amides is 7. The minimum atomic E-state index is -1.34. The van der Waals surface area contributed by atoms with Crippen molar-refractivity contribution in [2.45, 2.75) is 260 Å². The predicted octanol–water partition coefficient (Wildman–Crippen LogP) is 0.0392. The van der Waals surface area contributed by atoms with Crippen molar-refractivity contribution in [2.24, 2.45) is 131 Å². The number of carboxylic acid groups (broad SMARTS) is 1. The van der Waals surface area contributed by atoms with Gasteiger partial charge in [-0.1, -0.05) is 61.8 Å². The van der Waals surface area contributed by atoms with E-state index < -0.39 is 181 Å². The Kier molecular flexibility index (Phi) is 49.0. The van der Waals surface area contributed by atoms with E-state index in [1.165, 1.54) is 13.8 Å². The zero-order valence-electron chi connectivity index (χ0n) is 64.9. The maximum atomic E-state index is 15.0. The average Bonchev–Trinajstić information content (AvgIpc) is 0.866. The number of hydrogen-bond acceptors (Lipinski definition) is 19. The fraction of sp³-hybridized carbons (Fsp3) is 0.750. The molecule has 0 fully saturated rings. The van der Waals surface area contributed by atoms with E-state index in [9.17, 15) is 72.2 Å². The van der Waals surface area contributed by atoms with Gasteiger partial charge in [-0.25, -0.2) is 0 Å². The van der Waals surface area contributed by atoms with Crippen LogP contribution >= 0.6 is 0 Å². The first-order valence-corrected chi connectivity index (χ1v) is 37.5. The Balaban J connectivity index is 7.58. The van der Waals surface area contributed by atoms with Crippen LogP contribution in [0.1, 0.15) is 223 Å². The first-order chi connectivity index (χ1) is 50.1. The van der Waals surface area contributed by atoms with Crippen molar-refractivity contribution < 1.29 is 72.2 Å². The lowest BCUT2D eigenvalue weighted by atomic mass is 9.86. The number of carboxylic acids is 1. The van der Waals surface area contributed by atoms with Gasteiger partial charge in [0.25, 0.3) is 0 Å². The normalized spacial score (nSPS) is 14.6. The fourth-order valence-electron chi connectivity index (χ4n) is 12.1. The summed E-state index contributed by atoms with van der Waals surface area (Å²) in [6, 6.07) is -7.29. The zero-order valence-corrected chi connectivity index (χ0v) is 64.9. The summed E-state index contributed by atoms with van der Waals surface area (Å²) in [5.41, 5.74) is 56.4. The first-order valence-electron chi connectivity index (χ1n) is 37.5. The average molecular weight is 1520 g/mol. The molecule has 0 aromatic rings. The summed E-state index contributed by atoms with van der Waals surface area (Å²) < 4.78 is 0. The van der Waals surface area contributed by atoms with Crippen molar-refractivity contribution in [3.63, 3.8) is 0 Å². The van der Waals surface area contributed by atoms with Gasteiger partial charge in [0.1, 0.15) is 11.8 Å². The van der Waals surface area contributed by atoms with Gasteiger partial charge >= 0.3 is 5.97 Å². The standard InChI is InChI=1S/C72H130N20O15/c1-11-43(8)50(35-44(9)93)68(107)91-53(23-26-62(100)101)56(94)24-25-61(99)88-54(33-41(4)5)59(97)38-48(20-16-30-85-71(79)80)65(104)89-51(21-12-13-27-73)57(95)36-46(18-14-28-83-69(75)76)64(103)90-52(22-17-31-86-72(81)82)58(96)37-47(19-15-29-84-70(77)78)66(105)92-55(34-42(6)7)60(98)39-49(32-40(2)3)67(106)87-45(10)63(74)102/h40-43,45-55H,11-39,73H2,1-10H3,(H2,74,102)(H,87,106)(H,88,99)(H,89,104)(H,90,103)(H,91,107)(H,92,105)(H,100,101)(H4,75,76,83)(H4,77,78,84)(H4,79,80,85)(H4,81,82,86)/t43-,45?,46+,47+,48+,49+,50-,51-,52-,53-,54-,55-/m0/s1. The van der Waals surface area contributed by atoms with E-state index in [2.05, 4.69) is 51.9 Å². The van der Waals surface area contributed by atoms with Crippen LogP contribution in [0.25, 0.3) is 0 Å². The van der Waals surface area contributed by atoms with E-state index in [-0.39, 0.29) is 182 Å². The molecule has 35 nitrogen and oxygen atoms in total. The van der Waals surface area contributed by atoms with Gasteiger partial charge in [0.05, 0.1) is 30.2 Å². The second-order valence-electron chi connectivity index (χ2n) is 29.2. The number of nitrogens with zero attached hydrogens (tertiary/aromatic N) is 4. The van der Waals surface area contributed by atoms with Gasteiger partial charge in [0.15, 0.2) is 52.8 Å². The molecule has 7 amide bonds. The number of hydrogen-bond donors (Lipinski definition) is 17. The number of nitrogens with one attached hydrogen (secondary N) is 6. The van der Waals surface area contributed by atoms with E-state index >= 15 is 0 Å². The number of ketones is 6. The van der Waals surface area contributed by atoms with Gasteiger partial charge in [0, 0.05) is 107 Å². The molecule has 0 aliphatic carbocycles. The lowest BCUT2D eigenvalue weighted by Crippen LogP contribution is -2.49. The van der Waals surface area contributed by atoms with Gasteiger partial charge < -0.3 is 99.1 Å². The minimum Gasteiger partial charge on any atom is -0.481 e. The van der Waals surface area contributed by atoms with E-state index in [0.717, 1.165) is 0 Å². The summed E-state index contributed by atoms with van der Waals surface area (Å²) in [6.07, 6.45) is -1.37. The number of nitrogens with two attached hydrogens (primary N) is 10. The number of unbranched alkanes of at least 4 members (excludes halogenated alkanes) is 1. The van der Waals surface area contributed by atoms with Gasteiger partial charge in [-0.3, -0.25) is 82.3 Å². The second-order valence-corrected chi connectivity index (χ2v) is 29.2. The van der Waals surface area contributed by atoms with Crippen LogP contribution < -0.4 is 89.2 Å². The smallest absolute Gasteiger partial charge is 0.303 e. The van der Waals surface area contributed by atoms with Crippen molar-refractivity contribution in [1.29, 1.82) is 0 Å². The molecule has 0 radical (unpaired) electrons. The molecular weight excluding hydrogens is 1380 g/mol. The van der Waals surface area contributed by atoms with Crippen molar-refractivity contribution >= 4 is 106 Å². The van der Waals surface area contributed by atoms with E-state index in [1.807, 2.05) is 34.6 Å². The number of carbonyl (C=O) groups excluding carboxylic acids is 13. The molecule has 0 aromatic carbocycles. The number of rotatable bonds is 61. The molecule has 0 spiro atoms. The SMILES string of the molecule is CC[C@H](C)[C@H](CC(C)=O)C(=O)N[C@@H](CCC(=O)O)C(=O)CCC(=O)N[C@@H](CC(C)C)C(=O)C[C@@H](CCCN=C(N)N)C(=O)N[C@@H](CCCCN)C(=O)C[C@@H](CCCN=C(N)N)C(=O)N[C@@H](CCCN=C(N)N)C(=O)C[C@@H](CCCN=C(N)N)C(=O)N[C@@H](CC(C)C)C(=O)C[C@@H](CC(C)C)C(=O)NC(C)C(N)=O. The molecule has 107 heavy (non-hydrogen) atoms. The molecular formula is C72H130N20O15. The first kappa shape index (κ1) is 97.8. The summed E-state index contributed by atoms with van der Waals surface area (Å²) in [7, 11) is 0. The zero-order chi connectivity index (χ0) is 81.6. The Morgan fingerprint density at radius 2 is 0.710 bits per heavy atom. The number of Topliss-reactive ketones (excluding diaryl/α,β-unsaturated/α-hetero) is 6. The van der Waals surface area contributed by atoms with Gasteiger partial charge in [-0.2, -0.15) is 0 Å². The van der Waals surface area contributed by atoms with Crippen LogP contribution in [0.4, 0.5) is 0 Å². The second kappa shape index (κ2) is 53.6. The Hall–Kier alpha value is -9.18. The molecule has 0 aliphatic heterocycles.